The molecule has 0 bridgehead atoms. The number of thioether (sulfide) groups is 1. The van der Waals surface area contributed by atoms with Gasteiger partial charge in [-0.3, -0.25) is 14.6 Å². The molecular formula is C12H16N2O3S. The van der Waals surface area contributed by atoms with E-state index in [9.17, 15) is 9.59 Å². The average Bonchev–Trinajstić information content (AvgIpc) is 2.35. The topological polar surface area (TPSA) is 79.3 Å². The Morgan fingerprint density at radius 2 is 2.28 bits per heavy atom. The number of hydrogen-bond acceptors (Lipinski definition) is 4. The van der Waals surface area contributed by atoms with Gasteiger partial charge >= 0.3 is 5.97 Å². The zero-order valence-corrected chi connectivity index (χ0v) is 10.9. The molecule has 0 aliphatic carbocycles. The zero-order valence-electron chi connectivity index (χ0n) is 10.1. The summed E-state index contributed by atoms with van der Waals surface area (Å²) >= 11 is 1.60. The number of nitrogens with one attached hydrogen (secondary N) is 1. The van der Waals surface area contributed by atoms with Crippen LogP contribution in [0, 0.1) is 0 Å². The van der Waals surface area contributed by atoms with Crippen molar-refractivity contribution >= 4 is 23.6 Å². The first-order chi connectivity index (χ1) is 8.59. The van der Waals surface area contributed by atoms with Crippen molar-refractivity contribution in [3.05, 3.63) is 30.1 Å². The fraction of sp³-hybridized carbons (Fsp3) is 0.417. The third-order valence-corrected chi connectivity index (χ3v) is 3.19. The van der Waals surface area contributed by atoms with E-state index in [2.05, 4.69) is 10.3 Å². The van der Waals surface area contributed by atoms with E-state index < -0.39 is 12.0 Å². The largest absolute Gasteiger partial charge is 0.480 e. The van der Waals surface area contributed by atoms with Crippen LogP contribution in [-0.4, -0.2) is 33.8 Å². The fourth-order valence-corrected chi connectivity index (χ4v) is 2.05. The van der Waals surface area contributed by atoms with Crippen LogP contribution in [0.2, 0.25) is 0 Å². The van der Waals surface area contributed by atoms with Gasteiger partial charge in [0.15, 0.2) is 0 Å². The molecule has 0 aliphatic rings. The lowest BCUT2D eigenvalue weighted by Gasteiger charge is -2.08. The van der Waals surface area contributed by atoms with Crippen LogP contribution in [0.3, 0.4) is 0 Å². The van der Waals surface area contributed by atoms with E-state index in [0.29, 0.717) is 12.2 Å². The van der Waals surface area contributed by atoms with Gasteiger partial charge in [0.25, 0.3) is 0 Å². The molecule has 98 valence electrons. The summed E-state index contributed by atoms with van der Waals surface area (Å²) in [5.74, 6) is 0.139. The number of aromatic nitrogens is 1. The van der Waals surface area contributed by atoms with Gasteiger partial charge in [0, 0.05) is 24.1 Å². The Morgan fingerprint density at radius 3 is 2.89 bits per heavy atom. The number of carboxylic acids is 1. The summed E-state index contributed by atoms with van der Waals surface area (Å²) in [4.78, 5) is 26.1. The van der Waals surface area contributed by atoms with Gasteiger partial charge in [-0.15, -0.1) is 0 Å². The third-order valence-electron chi connectivity index (χ3n) is 2.20. The Morgan fingerprint density at radius 1 is 1.50 bits per heavy atom. The lowest BCUT2D eigenvalue weighted by atomic mass is 10.3. The Hall–Kier alpha value is -1.56. The molecule has 1 amide bonds. The molecule has 18 heavy (non-hydrogen) atoms. The zero-order chi connectivity index (χ0) is 13.4. The van der Waals surface area contributed by atoms with Gasteiger partial charge in [-0.25, -0.2) is 0 Å². The molecule has 1 unspecified atom stereocenters. The molecule has 5 nitrogen and oxygen atoms in total. The normalized spacial score (nSPS) is 11.8. The molecular weight excluding hydrogens is 252 g/mol. The number of nitrogens with zero attached hydrogens (tertiary/aromatic N) is 1. The van der Waals surface area contributed by atoms with Crippen LogP contribution >= 0.6 is 11.8 Å². The highest BCUT2D eigenvalue weighted by molar-refractivity contribution is 7.98. The average molecular weight is 268 g/mol. The minimum Gasteiger partial charge on any atom is -0.480 e. The van der Waals surface area contributed by atoms with Gasteiger partial charge in [0.1, 0.15) is 6.04 Å². The van der Waals surface area contributed by atoms with Crippen LogP contribution in [0.1, 0.15) is 19.0 Å². The monoisotopic (exact) mass is 268 g/mol. The maximum absolute atomic E-state index is 11.4. The minimum absolute atomic E-state index is 0.238. The molecule has 1 rings (SSSR count). The van der Waals surface area contributed by atoms with E-state index in [0.717, 1.165) is 11.4 Å². The van der Waals surface area contributed by atoms with E-state index in [1.54, 1.807) is 18.0 Å². The second-order valence-electron chi connectivity index (χ2n) is 3.75. The first-order valence-electron chi connectivity index (χ1n) is 5.59. The number of aliphatic carboxylic acids is 1. The van der Waals surface area contributed by atoms with E-state index in [4.69, 9.17) is 5.11 Å². The number of carbonyl (C=O) groups excluding carboxylic acids is 1. The van der Waals surface area contributed by atoms with Crippen LogP contribution in [0.15, 0.2) is 24.4 Å². The molecule has 1 aromatic rings. The lowest BCUT2D eigenvalue weighted by molar-refractivity contribution is -0.141. The van der Waals surface area contributed by atoms with Crippen LogP contribution < -0.4 is 5.32 Å². The summed E-state index contributed by atoms with van der Waals surface area (Å²) in [6.45, 7) is 1.45. The summed E-state index contributed by atoms with van der Waals surface area (Å²) in [5, 5.41) is 11.0. The van der Waals surface area contributed by atoms with E-state index in [-0.39, 0.29) is 5.91 Å². The summed E-state index contributed by atoms with van der Waals surface area (Å²) in [6.07, 6.45) is 2.05. The van der Waals surface area contributed by atoms with Crippen molar-refractivity contribution in [3.63, 3.8) is 0 Å². The molecule has 0 aliphatic heterocycles. The molecule has 0 aromatic carbocycles. The number of amides is 1. The molecule has 6 heteroatoms. The van der Waals surface area contributed by atoms with Crippen molar-refractivity contribution in [2.24, 2.45) is 0 Å². The summed E-state index contributed by atoms with van der Waals surface area (Å²) in [6, 6.07) is 4.87. The van der Waals surface area contributed by atoms with E-state index >= 15 is 0 Å². The molecule has 2 N–H and O–H groups in total. The summed E-state index contributed by atoms with van der Waals surface area (Å²) < 4.78 is 0. The maximum atomic E-state index is 11.4. The van der Waals surface area contributed by atoms with Crippen LogP contribution in [-0.2, 0) is 15.3 Å². The highest BCUT2D eigenvalue weighted by atomic mass is 32.2. The molecule has 0 saturated heterocycles. The van der Waals surface area contributed by atoms with Crippen molar-refractivity contribution < 1.29 is 14.7 Å². The fourth-order valence-electron chi connectivity index (χ4n) is 1.20. The first kappa shape index (κ1) is 14.5. The molecule has 1 aromatic heterocycles. The first-order valence-corrected chi connectivity index (χ1v) is 6.75. The van der Waals surface area contributed by atoms with Gasteiger partial charge in [0.05, 0.1) is 5.69 Å². The number of rotatable bonds is 7. The van der Waals surface area contributed by atoms with Crippen LogP contribution in [0.5, 0.6) is 0 Å². The highest BCUT2D eigenvalue weighted by Gasteiger charge is 2.13. The lowest BCUT2D eigenvalue weighted by Crippen LogP contribution is -2.38. The minimum atomic E-state index is -1.02. The Bertz CT molecular complexity index is 398. The van der Waals surface area contributed by atoms with Gasteiger partial charge < -0.3 is 10.4 Å². The number of carboxylic acid groups (broad SMARTS) is 1. The van der Waals surface area contributed by atoms with Crippen molar-refractivity contribution in [1.82, 2.24) is 10.3 Å². The second kappa shape index (κ2) is 7.71. The van der Waals surface area contributed by atoms with Crippen molar-refractivity contribution in [3.8, 4) is 0 Å². The Kier molecular flexibility index (Phi) is 6.21. The highest BCUT2D eigenvalue weighted by Crippen LogP contribution is 2.10. The Labute approximate surface area is 110 Å². The van der Waals surface area contributed by atoms with Crippen molar-refractivity contribution in [1.29, 1.82) is 0 Å². The summed E-state index contributed by atoms with van der Waals surface area (Å²) in [7, 11) is 0. The van der Waals surface area contributed by atoms with Crippen LogP contribution in [0.25, 0.3) is 0 Å². The van der Waals surface area contributed by atoms with Gasteiger partial charge in [-0.05, 0) is 19.1 Å². The van der Waals surface area contributed by atoms with Gasteiger partial charge in [-0.1, -0.05) is 6.07 Å². The number of hydrogen-bond donors (Lipinski definition) is 2. The molecule has 0 spiro atoms. The molecule has 1 heterocycles. The SMILES string of the molecule is CC(NC(=O)CCSCc1ccccn1)C(=O)O. The van der Waals surface area contributed by atoms with Crippen molar-refractivity contribution in [2.45, 2.75) is 25.1 Å². The second-order valence-corrected chi connectivity index (χ2v) is 4.86. The smallest absolute Gasteiger partial charge is 0.325 e. The molecule has 0 fully saturated rings. The van der Waals surface area contributed by atoms with Crippen LogP contribution in [0.4, 0.5) is 0 Å². The third kappa shape index (κ3) is 5.67. The van der Waals surface area contributed by atoms with E-state index in [1.165, 1.54) is 6.92 Å². The molecule has 0 saturated carbocycles. The number of carbonyl (C=O) groups is 2. The summed E-state index contributed by atoms with van der Waals surface area (Å²) in [5.41, 5.74) is 0.974. The predicted molar refractivity (Wildman–Crippen MR) is 70.3 cm³/mol. The predicted octanol–water partition coefficient (Wildman–Crippen LogP) is 1.29. The maximum Gasteiger partial charge on any atom is 0.325 e. The van der Waals surface area contributed by atoms with Gasteiger partial charge in [-0.2, -0.15) is 11.8 Å². The number of pyridine rings is 1. The quantitative estimate of drug-likeness (QED) is 0.729. The van der Waals surface area contributed by atoms with E-state index in [1.807, 2.05) is 18.2 Å². The Balaban J connectivity index is 2.14. The standard InChI is InChI=1S/C12H16N2O3S/c1-9(12(16)17)14-11(15)5-7-18-8-10-4-2-3-6-13-10/h2-4,6,9H,5,7-8H2,1H3,(H,14,15)(H,16,17). The molecule has 1 atom stereocenters. The van der Waals surface area contributed by atoms with Gasteiger partial charge in [0.2, 0.25) is 5.91 Å². The molecule has 0 radical (unpaired) electrons. The van der Waals surface area contributed by atoms with Crippen molar-refractivity contribution in [2.75, 3.05) is 5.75 Å².